The first-order valence-corrected chi connectivity index (χ1v) is 6.97. The normalized spacial score (nSPS) is 11.4. The van der Waals surface area contributed by atoms with E-state index in [0.717, 1.165) is 16.6 Å². The SMILES string of the molecule is Cn1ccc2c(-c3ncc(Cl)c4c(=O)[nH]ncc34)ccnc21. The van der Waals surface area contributed by atoms with Crippen LogP contribution in [0.1, 0.15) is 0 Å². The molecule has 0 aliphatic rings. The topological polar surface area (TPSA) is 76.5 Å². The van der Waals surface area contributed by atoms with Crippen LogP contribution in [0.3, 0.4) is 0 Å². The molecule has 1 N–H and O–H groups in total. The summed E-state index contributed by atoms with van der Waals surface area (Å²) >= 11 is 6.12. The number of H-pyrrole nitrogens is 1. The van der Waals surface area contributed by atoms with Gasteiger partial charge in [-0.15, -0.1) is 0 Å². The van der Waals surface area contributed by atoms with Crippen molar-refractivity contribution < 1.29 is 0 Å². The third kappa shape index (κ3) is 1.74. The Morgan fingerprint density at radius 1 is 1.18 bits per heavy atom. The zero-order chi connectivity index (χ0) is 15.3. The van der Waals surface area contributed by atoms with Crippen LogP contribution in [-0.4, -0.2) is 24.7 Å². The van der Waals surface area contributed by atoms with Crippen LogP contribution in [-0.2, 0) is 7.05 Å². The molecule has 4 rings (SSSR count). The number of aromatic nitrogens is 5. The van der Waals surface area contributed by atoms with Gasteiger partial charge >= 0.3 is 0 Å². The molecule has 0 saturated heterocycles. The maximum atomic E-state index is 12.0. The molecule has 0 amide bonds. The van der Waals surface area contributed by atoms with Crippen LogP contribution >= 0.6 is 11.6 Å². The second-order valence-electron chi connectivity index (χ2n) is 4.96. The van der Waals surface area contributed by atoms with E-state index in [-0.39, 0.29) is 5.56 Å². The summed E-state index contributed by atoms with van der Waals surface area (Å²) in [5, 5.41) is 8.54. The quantitative estimate of drug-likeness (QED) is 0.586. The van der Waals surface area contributed by atoms with Crippen LogP contribution in [0.25, 0.3) is 33.1 Å². The minimum absolute atomic E-state index is 0.306. The highest BCUT2D eigenvalue weighted by molar-refractivity contribution is 6.35. The maximum Gasteiger partial charge on any atom is 0.273 e. The van der Waals surface area contributed by atoms with E-state index in [1.54, 1.807) is 12.4 Å². The van der Waals surface area contributed by atoms with Crippen molar-refractivity contribution in [3.63, 3.8) is 0 Å². The number of hydrogen-bond donors (Lipinski definition) is 1. The number of pyridine rings is 2. The number of aryl methyl sites for hydroxylation is 1. The Morgan fingerprint density at radius 2 is 2.05 bits per heavy atom. The molecule has 4 heterocycles. The van der Waals surface area contributed by atoms with Crippen molar-refractivity contribution >= 4 is 33.4 Å². The van der Waals surface area contributed by atoms with Crippen molar-refractivity contribution in [3.8, 4) is 11.3 Å². The molecule has 0 saturated carbocycles. The molecule has 7 heteroatoms. The van der Waals surface area contributed by atoms with Crippen LogP contribution in [0.5, 0.6) is 0 Å². The lowest BCUT2D eigenvalue weighted by Crippen LogP contribution is -2.09. The lowest BCUT2D eigenvalue weighted by Gasteiger charge is -2.07. The lowest BCUT2D eigenvalue weighted by atomic mass is 10.0. The van der Waals surface area contributed by atoms with Crippen molar-refractivity contribution in [2.45, 2.75) is 0 Å². The van der Waals surface area contributed by atoms with Gasteiger partial charge in [-0.05, 0) is 12.1 Å². The molecule has 4 aromatic rings. The molecule has 108 valence electrons. The average molecular weight is 312 g/mol. The summed E-state index contributed by atoms with van der Waals surface area (Å²) in [6.07, 6.45) is 6.72. The summed E-state index contributed by atoms with van der Waals surface area (Å²) in [4.78, 5) is 20.8. The molecule has 0 spiro atoms. The highest BCUT2D eigenvalue weighted by Gasteiger charge is 2.15. The Kier molecular flexibility index (Phi) is 2.74. The Hall–Kier alpha value is -2.73. The number of halogens is 1. The third-order valence-electron chi connectivity index (χ3n) is 3.68. The molecule has 22 heavy (non-hydrogen) atoms. The van der Waals surface area contributed by atoms with Crippen molar-refractivity contribution in [1.29, 1.82) is 0 Å². The number of hydrogen-bond acceptors (Lipinski definition) is 4. The van der Waals surface area contributed by atoms with Gasteiger partial charge in [0.15, 0.2) is 0 Å². The predicted octanol–water partition coefficient (Wildman–Crippen LogP) is 2.53. The number of nitrogens with one attached hydrogen (secondary N) is 1. The van der Waals surface area contributed by atoms with E-state index in [0.29, 0.717) is 21.5 Å². The molecule has 0 aliphatic carbocycles. The summed E-state index contributed by atoms with van der Waals surface area (Å²) in [5.74, 6) is 0. The van der Waals surface area contributed by atoms with Crippen molar-refractivity contribution in [2.24, 2.45) is 7.05 Å². The van der Waals surface area contributed by atoms with Crippen LogP contribution in [0.15, 0.2) is 41.7 Å². The Labute approximate surface area is 129 Å². The second-order valence-corrected chi connectivity index (χ2v) is 5.37. The van der Waals surface area contributed by atoms with E-state index in [2.05, 4.69) is 20.2 Å². The van der Waals surface area contributed by atoms with E-state index in [1.165, 1.54) is 6.20 Å². The number of aromatic amines is 1. The molecule has 0 radical (unpaired) electrons. The molecule has 0 atom stereocenters. The van der Waals surface area contributed by atoms with Gasteiger partial charge in [0.25, 0.3) is 5.56 Å². The fraction of sp³-hybridized carbons (Fsp3) is 0.0667. The zero-order valence-electron chi connectivity index (χ0n) is 11.5. The van der Waals surface area contributed by atoms with E-state index < -0.39 is 0 Å². The fourth-order valence-electron chi connectivity index (χ4n) is 2.66. The first-order chi connectivity index (χ1) is 10.7. The molecular formula is C15H10ClN5O. The fourth-order valence-corrected chi connectivity index (χ4v) is 2.89. The van der Waals surface area contributed by atoms with Gasteiger partial charge in [-0.2, -0.15) is 5.10 Å². The molecule has 0 unspecified atom stereocenters. The van der Waals surface area contributed by atoms with Gasteiger partial charge in [-0.3, -0.25) is 9.78 Å². The minimum Gasteiger partial charge on any atom is -0.336 e. The number of nitrogens with zero attached hydrogens (tertiary/aromatic N) is 4. The largest absolute Gasteiger partial charge is 0.336 e. The lowest BCUT2D eigenvalue weighted by molar-refractivity contribution is 0.948. The highest BCUT2D eigenvalue weighted by atomic mass is 35.5. The monoisotopic (exact) mass is 311 g/mol. The Balaban J connectivity index is 2.16. The first kappa shape index (κ1) is 13.0. The van der Waals surface area contributed by atoms with Crippen molar-refractivity contribution in [1.82, 2.24) is 24.7 Å². The molecule has 6 nitrogen and oxygen atoms in total. The second kappa shape index (κ2) is 4.64. The summed E-state index contributed by atoms with van der Waals surface area (Å²) in [7, 11) is 1.93. The summed E-state index contributed by atoms with van der Waals surface area (Å²) in [6.45, 7) is 0. The molecular weight excluding hydrogens is 302 g/mol. The molecule has 0 aliphatic heterocycles. The van der Waals surface area contributed by atoms with Crippen LogP contribution in [0, 0.1) is 0 Å². The first-order valence-electron chi connectivity index (χ1n) is 6.59. The number of rotatable bonds is 1. The standard InChI is InChI=1S/C15H10ClN5O/c1-21-5-3-9-8(2-4-17-14(9)21)13-10-6-19-20-15(22)12(10)11(16)7-18-13/h2-7H,1H3,(H,20,22). The van der Waals surface area contributed by atoms with E-state index in [1.807, 2.05) is 29.9 Å². The van der Waals surface area contributed by atoms with Gasteiger partial charge in [0, 0.05) is 42.0 Å². The van der Waals surface area contributed by atoms with Gasteiger partial charge < -0.3 is 4.57 Å². The van der Waals surface area contributed by atoms with Gasteiger partial charge in [0.05, 0.1) is 22.3 Å². The summed E-state index contributed by atoms with van der Waals surface area (Å²) in [6, 6.07) is 3.85. The van der Waals surface area contributed by atoms with E-state index in [9.17, 15) is 4.79 Å². The average Bonchev–Trinajstić information content (AvgIpc) is 2.90. The van der Waals surface area contributed by atoms with Gasteiger partial charge in [-0.1, -0.05) is 11.6 Å². The zero-order valence-corrected chi connectivity index (χ0v) is 12.3. The van der Waals surface area contributed by atoms with Crippen molar-refractivity contribution in [2.75, 3.05) is 0 Å². The molecule has 0 bridgehead atoms. The molecule has 0 fully saturated rings. The smallest absolute Gasteiger partial charge is 0.273 e. The van der Waals surface area contributed by atoms with Gasteiger partial charge in [0.1, 0.15) is 5.65 Å². The van der Waals surface area contributed by atoms with Crippen molar-refractivity contribution in [3.05, 3.63) is 52.3 Å². The van der Waals surface area contributed by atoms with E-state index in [4.69, 9.17) is 11.6 Å². The minimum atomic E-state index is -0.329. The van der Waals surface area contributed by atoms with Gasteiger partial charge in [0.2, 0.25) is 0 Å². The molecule has 4 aromatic heterocycles. The van der Waals surface area contributed by atoms with Crippen LogP contribution < -0.4 is 5.56 Å². The van der Waals surface area contributed by atoms with Crippen LogP contribution in [0.4, 0.5) is 0 Å². The van der Waals surface area contributed by atoms with Gasteiger partial charge in [-0.25, -0.2) is 10.1 Å². The van der Waals surface area contributed by atoms with Crippen LogP contribution in [0.2, 0.25) is 5.02 Å². The summed E-state index contributed by atoms with van der Waals surface area (Å²) < 4.78 is 1.93. The predicted molar refractivity (Wildman–Crippen MR) is 84.9 cm³/mol. The Morgan fingerprint density at radius 3 is 2.91 bits per heavy atom. The Bertz CT molecular complexity index is 1080. The maximum absolute atomic E-state index is 12.0. The third-order valence-corrected chi connectivity index (χ3v) is 3.97. The summed E-state index contributed by atoms with van der Waals surface area (Å²) in [5.41, 5.74) is 2.07. The molecule has 0 aromatic carbocycles. The number of fused-ring (bicyclic) bond motifs is 2. The highest BCUT2D eigenvalue weighted by Crippen LogP contribution is 2.32. The van der Waals surface area contributed by atoms with E-state index >= 15 is 0 Å².